The molecule has 0 aliphatic heterocycles. The highest BCUT2D eigenvalue weighted by atomic mass is 16.5. The summed E-state index contributed by atoms with van der Waals surface area (Å²) in [6.07, 6.45) is 3.05. The first-order chi connectivity index (χ1) is 15.4. The minimum Gasteiger partial charge on any atom is -0.504 e. The predicted molar refractivity (Wildman–Crippen MR) is 123 cm³/mol. The molecule has 2 aromatic carbocycles. The third-order valence-electron chi connectivity index (χ3n) is 4.50. The maximum absolute atomic E-state index is 12.7. The molecule has 0 saturated heterocycles. The number of phenols is 4. The van der Waals surface area contributed by atoms with E-state index in [2.05, 4.69) is 10.6 Å². The quantitative estimate of drug-likeness (QED) is 0.249. The van der Waals surface area contributed by atoms with Crippen molar-refractivity contribution in [2.75, 3.05) is 13.2 Å². The molecule has 0 aromatic heterocycles. The van der Waals surface area contributed by atoms with E-state index < -0.39 is 23.5 Å². The van der Waals surface area contributed by atoms with Crippen LogP contribution in [-0.4, -0.2) is 57.0 Å². The number of ether oxygens (including phenoxy) is 1. The zero-order valence-electron chi connectivity index (χ0n) is 18.8. The van der Waals surface area contributed by atoms with Crippen LogP contribution in [0.1, 0.15) is 31.9 Å². The van der Waals surface area contributed by atoms with E-state index in [1.807, 2.05) is 20.8 Å². The van der Waals surface area contributed by atoms with Crippen molar-refractivity contribution in [2.45, 2.75) is 38.8 Å². The number of amides is 2. The summed E-state index contributed by atoms with van der Waals surface area (Å²) in [4.78, 5) is 25.1. The van der Waals surface area contributed by atoms with Crippen LogP contribution in [-0.2, 0) is 20.7 Å². The molecule has 2 rings (SSSR count). The highest BCUT2D eigenvalue weighted by molar-refractivity contribution is 5.95. The summed E-state index contributed by atoms with van der Waals surface area (Å²) < 4.78 is 5.68. The minimum atomic E-state index is -0.956. The molecule has 0 heterocycles. The Hall–Kier alpha value is -3.72. The smallest absolute Gasteiger partial charge is 0.245 e. The Bertz CT molecular complexity index is 1010. The van der Waals surface area contributed by atoms with Gasteiger partial charge in [-0.25, -0.2) is 0 Å². The molecule has 0 unspecified atom stereocenters. The fourth-order valence-corrected chi connectivity index (χ4v) is 2.73. The summed E-state index contributed by atoms with van der Waals surface area (Å²) in [7, 11) is 0. The van der Waals surface area contributed by atoms with Gasteiger partial charge in [0.1, 0.15) is 6.04 Å². The second kappa shape index (κ2) is 11.2. The van der Waals surface area contributed by atoms with Crippen molar-refractivity contribution in [1.29, 1.82) is 0 Å². The molecule has 0 aliphatic rings. The first-order valence-electron chi connectivity index (χ1n) is 10.4. The number of hydrogen-bond donors (Lipinski definition) is 6. The predicted octanol–water partition coefficient (Wildman–Crippen LogP) is 2.18. The Balaban J connectivity index is 1.98. The third-order valence-corrected chi connectivity index (χ3v) is 4.50. The standard InChI is InChI=1S/C24H30N2O7/c1-24(2,3)33-14-17(23(32)25-11-10-16-5-8-19(28)21(30)13-16)26-22(31)9-6-15-4-7-18(27)20(29)12-15/h4-9,12-13,17,27-30H,10-11,14H2,1-3H3,(H,25,32)(H,26,31)/b9-6+/t17-/m0/s1. The van der Waals surface area contributed by atoms with Crippen molar-refractivity contribution < 1.29 is 34.8 Å². The van der Waals surface area contributed by atoms with E-state index in [0.717, 1.165) is 5.56 Å². The van der Waals surface area contributed by atoms with Crippen LogP contribution in [0.25, 0.3) is 6.08 Å². The van der Waals surface area contributed by atoms with Gasteiger partial charge in [-0.3, -0.25) is 9.59 Å². The Morgan fingerprint density at radius 3 is 2.21 bits per heavy atom. The Morgan fingerprint density at radius 2 is 1.61 bits per heavy atom. The molecule has 9 nitrogen and oxygen atoms in total. The molecular weight excluding hydrogens is 428 g/mol. The first-order valence-corrected chi connectivity index (χ1v) is 10.4. The van der Waals surface area contributed by atoms with Crippen molar-refractivity contribution in [2.24, 2.45) is 0 Å². The molecule has 6 N–H and O–H groups in total. The van der Waals surface area contributed by atoms with Crippen molar-refractivity contribution in [3.63, 3.8) is 0 Å². The Morgan fingerprint density at radius 1 is 0.970 bits per heavy atom. The third kappa shape index (κ3) is 8.74. The fraction of sp³-hybridized carbons (Fsp3) is 0.333. The topological polar surface area (TPSA) is 148 Å². The molecular formula is C24H30N2O7. The summed E-state index contributed by atoms with van der Waals surface area (Å²) in [6.45, 7) is 5.69. The van der Waals surface area contributed by atoms with Crippen LogP contribution in [0.2, 0.25) is 0 Å². The maximum atomic E-state index is 12.7. The zero-order chi connectivity index (χ0) is 24.6. The number of carbonyl (C=O) groups excluding carboxylic acids is 2. The number of phenolic OH excluding ortho intramolecular Hbond substituents is 4. The van der Waals surface area contributed by atoms with Crippen LogP contribution in [0.4, 0.5) is 0 Å². The number of rotatable bonds is 9. The monoisotopic (exact) mass is 458 g/mol. The molecule has 0 aliphatic carbocycles. The fourth-order valence-electron chi connectivity index (χ4n) is 2.73. The number of nitrogens with one attached hydrogen (secondary N) is 2. The van der Waals surface area contributed by atoms with E-state index in [1.165, 1.54) is 42.5 Å². The van der Waals surface area contributed by atoms with Gasteiger partial charge in [0, 0.05) is 12.6 Å². The van der Waals surface area contributed by atoms with E-state index in [0.29, 0.717) is 12.0 Å². The highest BCUT2D eigenvalue weighted by Crippen LogP contribution is 2.26. The molecule has 0 bridgehead atoms. The second-order valence-electron chi connectivity index (χ2n) is 8.43. The summed E-state index contributed by atoms with van der Waals surface area (Å²) in [6, 6.07) is 7.58. The van der Waals surface area contributed by atoms with Gasteiger partial charge < -0.3 is 35.8 Å². The van der Waals surface area contributed by atoms with E-state index in [4.69, 9.17) is 4.74 Å². The van der Waals surface area contributed by atoms with Gasteiger partial charge in [-0.05, 0) is 68.7 Å². The molecule has 0 radical (unpaired) electrons. The van der Waals surface area contributed by atoms with Crippen molar-refractivity contribution >= 4 is 17.9 Å². The lowest BCUT2D eigenvalue weighted by atomic mass is 10.1. The largest absolute Gasteiger partial charge is 0.504 e. The molecule has 1 atom stereocenters. The lowest BCUT2D eigenvalue weighted by Gasteiger charge is -2.24. The van der Waals surface area contributed by atoms with Crippen molar-refractivity contribution in [3.8, 4) is 23.0 Å². The SMILES string of the molecule is CC(C)(C)OC[C@H](NC(=O)/C=C/c1ccc(O)c(O)c1)C(=O)NCCc1ccc(O)c(O)c1. The number of aromatic hydroxyl groups is 4. The van der Waals surface area contributed by atoms with E-state index in [-0.39, 0.29) is 36.1 Å². The molecule has 2 aromatic rings. The molecule has 2 amide bonds. The summed E-state index contributed by atoms with van der Waals surface area (Å²) in [5.41, 5.74) is 0.688. The average molecular weight is 459 g/mol. The van der Waals surface area contributed by atoms with E-state index >= 15 is 0 Å². The number of hydrogen-bond acceptors (Lipinski definition) is 7. The van der Waals surface area contributed by atoms with Crippen LogP contribution in [0.15, 0.2) is 42.5 Å². The summed E-state index contributed by atoms with van der Waals surface area (Å²) >= 11 is 0. The van der Waals surface area contributed by atoms with E-state index in [9.17, 15) is 30.0 Å². The van der Waals surface area contributed by atoms with Gasteiger partial charge >= 0.3 is 0 Å². The van der Waals surface area contributed by atoms with Crippen LogP contribution < -0.4 is 10.6 Å². The van der Waals surface area contributed by atoms with Crippen LogP contribution >= 0.6 is 0 Å². The summed E-state index contributed by atoms with van der Waals surface area (Å²) in [5, 5.41) is 43.2. The first kappa shape index (κ1) is 25.5. The Labute approximate surface area is 192 Å². The maximum Gasteiger partial charge on any atom is 0.245 e. The van der Waals surface area contributed by atoms with E-state index in [1.54, 1.807) is 6.07 Å². The number of benzene rings is 2. The van der Waals surface area contributed by atoms with Crippen molar-refractivity contribution in [1.82, 2.24) is 10.6 Å². The van der Waals surface area contributed by atoms with Gasteiger partial charge in [0.15, 0.2) is 23.0 Å². The van der Waals surface area contributed by atoms with Gasteiger partial charge in [0.2, 0.25) is 11.8 Å². The normalized spacial score (nSPS) is 12.5. The number of carbonyl (C=O) groups is 2. The van der Waals surface area contributed by atoms with Gasteiger partial charge in [-0.1, -0.05) is 12.1 Å². The van der Waals surface area contributed by atoms with Gasteiger partial charge in [0.05, 0.1) is 12.2 Å². The van der Waals surface area contributed by atoms with Crippen molar-refractivity contribution in [3.05, 3.63) is 53.6 Å². The highest BCUT2D eigenvalue weighted by Gasteiger charge is 2.23. The van der Waals surface area contributed by atoms with Crippen LogP contribution in [0, 0.1) is 0 Å². The molecule has 0 spiro atoms. The van der Waals surface area contributed by atoms with Crippen LogP contribution in [0.5, 0.6) is 23.0 Å². The van der Waals surface area contributed by atoms with Gasteiger partial charge in [-0.2, -0.15) is 0 Å². The average Bonchev–Trinajstić information content (AvgIpc) is 2.73. The van der Waals surface area contributed by atoms with Crippen LogP contribution in [0.3, 0.4) is 0 Å². The molecule has 0 fully saturated rings. The second-order valence-corrected chi connectivity index (χ2v) is 8.43. The zero-order valence-corrected chi connectivity index (χ0v) is 18.8. The molecule has 9 heteroatoms. The molecule has 0 saturated carbocycles. The summed E-state index contributed by atoms with van der Waals surface area (Å²) in [5.74, 6) is -2.02. The Kier molecular flexibility index (Phi) is 8.70. The lowest BCUT2D eigenvalue weighted by molar-refractivity contribution is -0.130. The molecule has 33 heavy (non-hydrogen) atoms. The van der Waals surface area contributed by atoms with Gasteiger partial charge in [-0.15, -0.1) is 0 Å². The molecule has 178 valence electrons. The minimum absolute atomic E-state index is 0.0467. The lowest BCUT2D eigenvalue weighted by Crippen LogP contribution is -2.50. The van der Waals surface area contributed by atoms with Gasteiger partial charge in [0.25, 0.3) is 0 Å².